The molecule has 106 valence electrons. The minimum atomic E-state index is 0. The summed E-state index contributed by atoms with van der Waals surface area (Å²) in [7, 11) is 0. The summed E-state index contributed by atoms with van der Waals surface area (Å²) in [5.41, 5.74) is 9.74. The number of hydrogen-bond donors (Lipinski definition) is 0. The van der Waals surface area contributed by atoms with E-state index >= 15 is 0 Å². The van der Waals surface area contributed by atoms with Crippen LogP contribution in [0.3, 0.4) is 0 Å². The zero-order valence-corrected chi connectivity index (χ0v) is 14.4. The molecule has 2 aliphatic carbocycles. The minimum absolute atomic E-state index is 0. The predicted molar refractivity (Wildman–Crippen MR) is 84.8 cm³/mol. The monoisotopic (exact) mass is 278 g/mol. The third-order valence-electron chi connectivity index (χ3n) is 5.25. The Morgan fingerprint density at radius 2 is 1.05 bits per heavy atom. The van der Waals surface area contributed by atoms with Crippen LogP contribution in [0.4, 0.5) is 0 Å². The Hall–Kier alpha value is -0.105. The van der Waals surface area contributed by atoms with Crippen LogP contribution in [0.15, 0.2) is 24.3 Å². The van der Waals surface area contributed by atoms with Gasteiger partial charge in [0, 0.05) is 0 Å². The molecule has 0 radical (unpaired) electrons. The smallest absolute Gasteiger partial charge is 0.207 e. The van der Waals surface area contributed by atoms with Crippen molar-refractivity contribution < 1.29 is 37.7 Å². The van der Waals surface area contributed by atoms with Gasteiger partial charge in [-0.2, -0.15) is 45.5 Å². The molecular formula is C20H24Li2. The molecule has 2 aliphatic rings. The molecule has 0 aliphatic heterocycles. The van der Waals surface area contributed by atoms with Crippen LogP contribution in [-0.4, -0.2) is 0 Å². The first-order valence-electron chi connectivity index (χ1n) is 8.43. The summed E-state index contributed by atoms with van der Waals surface area (Å²) in [6.45, 7) is 0. The summed E-state index contributed by atoms with van der Waals surface area (Å²) in [5, 5.41) is 0. The molecule has 22 heavy (non-hydrogen) atoms. The summed E-state index contributed by atoms with van der Waals surface area (Å²) < 4.78 is 0. The van der Waals surface area contributed by atoms with Crippen LogP contribution in [0.25, 0.3) is 0 Å². The van der Waals surface area contributed by atoms with Crippen LogP contribution >= 0.6 is 0 Å². The summed E-state index contributed by atoms with van der Waals surface area (Å²) in [6, 6.07) is 9.93. The van der Waals surface area contributed by atoms with Crippen LogP contribution in [-0.2, 0) is 38.5 Å². The molecule has 0 heterocycles. The van der Waals surface area contributed by atoms with E-state index in [2.05, 4.69) is 24.3 Å². The quantitative estimate of drug-likeness (QED) is 0.482. The summed E-state index contributed by atoms with van der Waals surface area (Å²) in [6.07, 6.45) is 13.3. The van der Waals surface area contributed by atoms with Crippen molar-refractivity contribution >= 4 is 0 Å². The van der Waals surface area contributed by atoms with E-state index < -0.39 is 0 Å². The maximum absolute atomic E-state index is 2.48. The first kappa shape index (κ1) is 18.2. The van der Waals surface area contributed by atoms with Crippen LogP contribution in [0, 0.1) is 0 Å². The SMILES string of the molecule is [Li+].[Li+].c1c(CCc2cc3c([cH-]2)CCCC3)[cH-]c2c1CCCC2. The number of hydrogen-bond acceptors (Lipinski definition) is 0. The Bertz CT molecular complexity index is 502. The number of aryl methyl sites for hydroxylation is 6. The van der Waals surface area contributed by atoms with Gasteiger partial charge in [0.05, 0.1) is 0 Å². The van der Waals surface area contributed by atoms with Crippen molar-refractivity contribution in [2.24, 2.45) is 0 Å². The Morgan fingerprint density at radius 3 is 1.45 bits per heavy atom. The van der Waals surface area contributed by atoms with Crippen molar-refractivity contribution in [3.8, 4) is 0 Å². The molecule has 2 aromatic rings. The van der Waals surface area contributed by atoms with Crippen molar-refractivity contribution in [1.29, 1.82) is 0 Å². The molecule has 0 fully saturated rings. The number of rotatable bonds is 3. The van der Waals surface area contributed by atoms with E-state index in [4.69, 9.17) is 0 Å². The third kappa shape index (κ3) is 3.86. The van der Waals surface area contributed by atoms with Crippen molar-refractivity contribution in [3.63, 3.8) is 0 Å². The van der Waals surface area contributed by atoms with E-state index in [9.17, 15) is 0 Å². The fourth-order valence-corrected chi connectivity index (χ4v) is 4.12. The van der Waals surface area contributed by atoms with Gasteiger partial charge in [0.2, 0.25) is 0 Å². The molecule has 0 amide bonds. The average Bonchev–Trinajstić information content (AvgIpc) is 3.07. The zero-order chi connectivity index (χ0) is 13.4. The van der Waals surface area contributed by atoms with Crippen LogP contribution < -0.4 is 37.7 Å². The molecular weight excluding hydrogens is 254 g/mol. The van der Waals surface area contributed by atoms with Crippen molar-refractivity contribution in [2.75, 3.05) is 0 Å². The maximum atomic E-state index is 2.48. The van der Waals surface area contributed by atoms with Gasteiger partial charge in [0.25, 0.3) is 0 Å². The number of fused-ring (bicyclic) bond motifs is 2. The second-order valence-corrected chi connectivity index (χ2v) is 6.74. The maximum Gasteiger partial charge on any atom is 1.00 e. The van der Waals surface area contributed by atoms with Gasteiger partial charge in [-0.05, 0) is 12.8 Å². The van der Waals surface area contributed by atoms with Crippen LogP contribution in [0.2, 0.25) is 0 Å². The Morgan fingerprint density at radius 1 is 0.636 bits per heavy atom. The molecule has 4 rings (SSSR count). The Balaban J connectivity index is 0.000000882. The molecule has 0 nitrogen and oxygen atoms in total. The van der Waals surface area contributed by atoms with E-state index in [-0.39, 0.29) is 37.7 Å². The van der Waals surface area contributed by atoms with Gasteiger partial charge in [-0.25, -0.2) is 12.1 Å². The minimum Gasteiger partial charge on any atom is -0.207 e. The first-order valence-corrected chi connectivity index (χ1v) is 8.43. The van der Waals surface area contributed by atoms with Crippen LogP contribution in [0.5, 0.6) is 0 Å². The summed E-state index contributed by atoms with van der Waals surface area (Å²) in [4.78, 5) is 0. The fourth-order valence-electron chi connectivity index (χ4n) is 4.12. The average molecular weight is 278 g/mol. The van der Waals surface area contributed by atoms with Gasteiger partial charge in [0.15, 0.2) is 0 Å². The van der Waals surface area contributed by atoms with E-state index in [0.717, 1.165) is 0 Å². The van der Waals surface area contributed by atoms with Gasteiger partial charge in [0.1, 0.15) is 0 Å². The second kappa shape index (κ2) is 8.13. The van der Waals surface area contributed by atoms with Gasteiger partial charge >= 0.3 is 37.7 Å². The molecule has 0 atom stereocenters. The van der Waals surface area contributed by atoms with E-state index in [1.807, 2.05) is 0 Å². The van der Waals surface area contributed by atoms with Crippen molar-refractivity contribution in [1.82, 2.24) is 0 Å². The molecule has 0 saturated carbocycles. The summed E-state index contributed by atoms with van der Waals surface area (Å²) >= 11 is 0. The van der Waals surface area contributed by atoms with Gasteiger partial charge in [-0.3, -0.25) is 0 Å². The topological polar surface area (TPSA) is 0 Å². The van der Waals surface area contributed by atoms with Gasteiger partial charge in [-0.1, -0.05) is 51.4 Å². The standard InChI is InChI=1S/C20H24.2Li/c1-2-6-18-12-15(11-17(18)5-1)9-10-16-13-19-7-3-4-8-20(19)14-16;;/h11-14H,1-10H2;;/q-2;2*+1. The summed E-state index contributed by atoms with van der Waals surface area (Å²) in [5.74, 6) is 0. The van der Waals surface area contributed by atoms with E-state index in [1.165, 1.54) is 64.2 Å². The van der Waals surface area contributed by atoms with Gasteiger partial charge < -0.3 is 0 Å². The van der Waals surface area contributed by atoms with Crippen LogP contribution in [0.1, 0.15) is 59.1 Å². The van der Waals surface area contributed by atoms with E-state index in [1.54, 1.807) is 33.4 Å². The molecule has 2 heteroatoms. The molecule has 0 saturated heterocycles. The second-order valence-electron chi connectivity index (χ2n) is 6.74. The molecule has 0 unspecified atom stereocenters. The molecule has 2 aromatic carbocycles. The molecule has 0 aromatic heterocycles. The van der Waals surface area contributed by atoms with Crippen molar-refractivity contribution in [2.45, 2.75) is 64.2 Å². The molecule has 0 bridgehead atoms. The molecule has 0 spiro atoms. The Kier molecular flexibility index (Phi) is 6.74. The third-order valence-corrected chi connectivity index (χ3v) is 5.25. The first-order chi connectivity index (χ1) is 9.88. The van der Waals surface area contributed by atoms with E-state index in [0.29, 0.717) is 0 Å². The molecule has 0 N–H and O–H groups in total. The zero-order valence-electron chi connectivity index (χ0n) is 14.4. The predicted octanol–water partition coefficient (Wildman–Crippen LogP) is -1.32. The van der Waals surface area contributed by atoms with Crippen molar-refractivity contribution in [3.05, 3.63) is 57.6 Å². The largest absolute Gasteiger partial charge is 1.00 e. The normalized spacial score (nSPS) is 16.2. The Labute approximate surface area is 159 Å². The fraction of sp³-hybridized carbons (Fsp3) is 0.500. The van der Waals surface area contributed by atoms with Gasteiger partial charge in [-0.15, -0.1) is 0 Å².